The number of nitrogens with zero attached hydrogens (tertiary/aromatic N) is 2. The summed E-state index contributed by atoms with van der Waals surface area (Å²) in [5.74, 6) is 1.61. The lowest BCUT2D eigenvalue weighted by Crippen LogP contribution is -2.64. The smallest absolute Gasteiger partial charge is 0.273 e. The maximum absolute atomic E-state index is 11.6. The van der Waals surface area contributed by atoms with Crippen LogP contribution < -0.4 is 9.47 Å². The number of ether oxygens (including phenoxy) is 3. The Balaban J connectivity index is 1.46. The molecule has 1 saturated carbocycles. The Morgan fingerprint density at radius 1 is 0.875 bits per heavy atom. The van der Waals surface area contributed by atoms with Crippen molar-refractivity contribution in [3.05, 3.63) is 82.4 Å². The maximum atomic E-state index is 11.6. The van der Waals surface area contributed by atoms with Gasteiger partial charge < -0.3 is 29.3 Å². The van der Waals surface area contributed by atoms with E-state index in [0.717, 1.165) is 66.9 Å². The molecule has 11 heteroatoms. The number of hydrogen-bond donors (Lipinski definition) is 2. The van der Waals surface area contributed by atoms with Gasteiger partial charge in [0.15, 0.2) is 0 Å². The van der Waals surface area contributed by atoms with E-state index in [9.17, 15) is 20.3 Å². The van der Waals surface area contributed by atoms with Crippen LogP contribution in [-0.2, 0) is 9.57 Å². The highest BCUT2D eigenvalue weighted by molar-refractivity contribution is 8.00. The second-order valence-corrected chi connectivity index (χ2v) is 20.6. The van der Waals surface area contributed by atoms with Gasteiger partial charge in [-0.25, -0.2) is 0 Å². The van der Waals surface area contributed by atoms with Crippen LogP contribution in [0.5, 0.6) is 17.2 Å². The molecule has 0 saturated heterocycles. The third-order valence-corrected chi connectivity index (χ3v) is 14.6. The third-order valence-electron chi connectivity index (χ3n) is 13.1. The molecule has 1 fully saturated rings. The van der Waals surface area contributed by atoms with Crippen LogP contribution in [-0.4, -0.2) is 63.1 Å². The number of nitro groups is 1. The summed E-state index contributed by atoms with van der Waals surface area (Å²) >= 11 is 1.93. The zero-order valence-electron chi connectivity index (χ0n) is 39.6. The fourth-order valence-corrected chi connectivity index (χ4v) is 11.5. The van der Waals surface area contributed by atoms with Crippen LogP contribution in [0.15, 0.2) is 71.9 Å². The van der Waals surface area contributed by atoms with E-state index in [1.54, 1.807) is 12.1 Å². The second-order valence-electron chi connectivity index (χ2n) is 19.3. The number of hydrogen-bond acceptors (Lipinski definition) is 10. The minimum Gasteiger partial charge on any atom is -0.460 e. The van der Waals surface area contributed by atoms with Crippen molar-refractivity contribution in [2.45, 2.75) is 185 Å². The molecule has 0 bridgehead atoms. The minimum absolute atomic E-state index is 0.0382. The summed E-state index contributed by atoms with van der Waals surface area (Å²) in [7, 11) is 0. The lowest BCUT2D eigenvalue weighted by Gasteiger charge is -2.58. The molecule has 2 aromatic carbocycles. The Morgan fingerprint density at radius 2 is 1.52 bits per heavy atom. The van der Waals surface area contributed by atoms with Crippen molar-refractivity contribution in [3.8, 4) is 17.2 Å². The van der Waals surface area contributed by atoms with Crippen LogP contribution in [0.25, 0.3) is 0 Å². The van der Waals surface area contributed by atoms with Gasteiger partial charge >= 0.3 is 0 Å². The fourth-order valence-electron chi connectivity index (χ4n) is 10.1. The minimum atomic E-state index is -1.03. The predicted octanol–water partition coefficient (Wildman–Crippen LogP) is 14.0. The van der Waals surface area contributed by atoms with Crippen molar-refractivity contribution >= 4 is 23.2 Å². The largest absolute Gasteiger partial charge is 0.460 e. The summed E-state index contributed by atoms with van der Waals surface area (Å²) in [5, 5.41) is 36.4. The Hall–Kier alpha value is -3.38. The van der Waals surface area contributed by atoms with Gasteiger partial charge in [0.1, 0.15) is 22.8 Å². The van der Waals surface area contributed by atoms with E-state index in [4.69, 9.17) is 24.2 Å². The lowest BCUT2D eigenvalue weighted by molar-refractivity contribution is -0.384. The molecular formula is C53H80N2O8S. The number of benzene rings is 2. The zero-order chi connectivity index (χ0) is 45.8. The van der Waals surface area contributed by atoms with Gasteiger partial charge in [0.05, 0.1) is 34.5 Å². The van der Waals surface area contributed by atoms with Gasteiger partial charge in [-0.3, -0.25) is 10.1 Å². The number of unbranched alkanes of at least 4 members (excludes halogenated alkanes) is 15. The van der Waals surface area contributed by atoms with E-state index in [0.29, 0.717) is 30.9 Å². The molecule has 2 aliphatic carbocycles. The van der Waals surface area contributed by atoms with Gasteiger partial charge in [0.2, 0.25) is 5.79 Å². The van der Waals surface area contributed by atoms with Crippen molar-refractivity contribution in [1.82, 2.24) is 0 Å². The van der Waals surface area contributed by atoms with Crippen LogP contribution in [0, 0.1) is 27.9 Å². The van der Waals surface area contributed by atoms with Gasteiger partial charge in [0.25, 0.3) is 5.69 Å². The van der Waals surface area contributed by atoms with Crippen LogP contribution in [0.1, 0.15) is 174 Å². The molecular weight excluding hydrogens is 825 g/mol. The fraction of sp³-hybridized carbons (Fsp3) is 0.679. The number of non-ortho nitro benzene ring substituents is 1. The van der Waals surface area contributed by atoms with Crippen LogP contribution in [0.3, 0.4) is 0 Å². The predicted molar refractivity (Wildman–Crippen MR) is 262 cm³/mol. The van der Waals surface area contributed by atoms with E-state index < -0.39 is 16.3 Å². The lowest BCUT2D eigenvalue weighted by atomic mass is 9.56. The van der Waals surface area contributed by atoms with E-state index in [1.807, 2.05) is 50.7 Å². The number of allylic oxidation sites excluding steroid dienone is 1. The monoisotopic (exact) mass is 905 g/mol. The van der Waals surface area contributed by atoms with Crippen molar-refractivity contribution in [1.29, 1.82) is 0 Å². The van der Waals surface area contributed by atoms with Gasteiger partial charge in [0, 0.05) is 37.2 Å². The Labute approximate surface area is 389 Å². The standard InChI is InChI=1S/C53H80N2O8S/c1-6-8-9-10-11-12-13-14-15-16-17-18-19-24-35-64-49-39-47(54-63-52(3,4)5)45-36-40(26-20-22-32-56)44(29-21-23-33-57)50-46-38-43(61-42-28-25-27-41(37-42)55(58)59)30-31-48(46)62-53(49,51(45)50)60-34-7-2/h7,25,27-28,30-31,36-38,40,44,49-51,56-57H,2,6,8-24,26,29,32-35,39H2,1,3-5H3/t40-,44+,49-,50+,51+,53+/m0/s1. The van der Waals surface area contributed by atoms with E-state index in [1.165, 1.54) is 95.6 Å². The first kappa shape index (κ1) is 51.6. The number of aliphatic hydroxyl groups is 2. The molecule has 0 aromatic heterocycles. The number of fused-ring (bicyclic) bond motifs is 2. The summed E-state index contributed by atoms with van der Waals surface area (Å²) in [6.45, 7) is 13.0. The average Bonchev–Trinajstić information content (AvgIpc) is 3.27. The second kappa shape index (κ2) is 26.7. The first-order valence-electron chi connectivity index (χ1n) is 24.9. The molecule has 6 atom stereocenters. The van der Waals surface area contributed by atoms with Crippen molar-refractivity contribution in [2.75, 3.05) is 25.6 Å². The molecule has 64 heavy (non-hydrogen) atoms. The quantitative estimate of drug-likeness (QED) is 0.0328. The van der Waals surface area contributed by atoms with E-state index >= 15 is 0 Å². The molecule has 2 N–H and O–H groups in total. The van der Waals surface area contributed by atoms with Gasteiger partial charge in [-0.2, -0.15) is 11.8 Å². The first-order chi connectivity index (χ1) is 31.0. The highest BCUT2D eigenvalue weighted by Gasteiger charge is 2.64. The molecule has 2 aromatic rings. The molecule has 356 valence electrons. The Morgan fingerprint density at radius 3 is 2.14 bits per heavy atom. The van der Waals surface area contributed by atoms with Gasteiger partial charge in [-0.05, 0) is 100 Å². The average molecular weight is 905 g/mol. The number of rotatable bonds is 31. The number of thioether (sulfide) groups is 1. The third kappa shape index (κ3) is 14.8. The van der Waals surface area contributed by atoms with Crippen LogP contribution in [0.2, 0.25) is 0 Å². The molecule has 0 unspecified atom stereocenters. The molecule has 1 heterocycles. The molecule has 3 aliphatic rings. The summed E-state index contributed by atoms with van der Waals surface area (Å²) in [5.41, 5.74) is 2.50. The van der Waals surface area contributed by atoms with Crippen molar-refractivity contribution < 1.29 is 34.2 Å². The maximum Gasteiger partial charge on any atom is 0.273 e. The highest BCUT2D eigenvalue weighted by atomic mass is 32.2. The topological polar surface area (TPSA) is 133 Å². The van der Waals surface area contributed by atoms with Gasteiger partial charge in [-0.15, -0.1) is 6.58 Å². The van der Waals surface area contributed by atoms with Crippen LogP contribution in [0.4, 0.5) is 5.69 Å². The SMILES string of the molecule is C=CCO[C@@]12Oc3ccc(Oc4cccc([N+](=O)[O-])c4)cc3[C@H]3[C@H](CCCCO)[C@@H](CCCCO)C=C(C(=NOC(C)(C)C)C[C@@H]1SCCCCCCCCCCCCCCCC)[C@H]32. The van der Waals surface area contributed by atoms with E-state index in [2.05, 4.69) is 25.6 Å². The van der Waals surface area contributed by atoms with Crippen molar-refractivity contribution in [3.63, 3.8) is 0 Å². The molecule has 0 spiro atoms. The summed E-state index contributed by atoms with van der Waals surface area (Å²) in [6, 6.07) is 12.2. The van der Waals surface area contributed by atoms with Crippen LogP contribution >= 0.6 is 11.8 Å². The van der Waals surface area contributed by atoms with Gasteiger partial charge in [-0.1, -0.05) is 127 Å². The summed E-state index contributed by atoms with van der Waals surface area (Å²) in [4.78, 5) is 17.5. The van der Waals surface area contributed by atoms with Crippen molar-refractivity contribution in [2.24, 2.45) is 22.9 Å². The Kier molecular flexibility index (Phi) is 21.5. The zero-order valence-corrected chi connectivity index (χ0v) is 40.4. The number of oxime groups is 1. The molecule has 1 aliphatic heterocycles. The number of nitro benzene ring substituents is 1. The molecule has 0 radical (unpaired) electrons. The molecule has 5 rings (SSSR count). The summed E-state index contributed by atoms with van der Waals surface area (Å²) in [6.07, 6.45) is 28.3. The Bertz CT molecular complexity index is 1790. The van der Waals surface area contributed by atoms with E-state index in [-0.39, 0.29) is 47.8 Å². The molecule has 0 amide bonds. The normalized spacial score (nSPS) is 23.2. The summed E-state index contributed by atoms with van der Waals surface area (Å²) < 4.78 is 20.8. The number of aliphatic hydroxyl groups excluding tert-OH is 2. The highest BCUT2D eigenvalue weighted by Crippen LogP contribution is 2.63. The molecule has 10 nitrogen and oxygen atoms in total. The first-order valence-corrected chi connectivity index (χ1v) is 25.9.